The van der Waals surface area contributed by atoms with Gasteiger partial charge in [-0.3, -0.25) is 9.59 Å². The lowest BCUT2D eigenvalue weighted by Crippen LogP contribution is -2.34. The Labute approximate surface area is 232 Å². The van der Waals surface area contributed by atoms with Crippen molar-refractivity contribution in [3.63, 3.8) is 0 Å². The number of ether oxygens (including phenoxy) is 1. The molecule has 5 rings (SSSR count). The lowest BCUT2D eigenvalue weighted by atomic mass is 9.96. The molecule has 1 atom stereocenters. The summed E-state index contributed by atoms with van der Waals surface area (Å²) in [7, 11) is 0. The van der Waals surface area contributed by atoms with Gasteiger partial charge in [-0.15, -0.1) is 0 Å². The Morgan fingerprint density at radius 3 is 2.33 bits per heavy atom. The van der Waals surface area contributed by atoms with Crippen LogP contribution < -0.4 is 15.4 Å². The third-order valence-electron chi connectivity index (χ3n) is 6.50. The van der Waals surface area contributed by atoms with Gasteiger partial charge in [-0.25, -0.2) is 0 Å². The number of hydrogen-bond acceptors (Lipinski definition) is 5. The zero-order valence-corrected chi connectivity index (χ0v) is 21.9. The number of thioether (sulfide) groups is 1. The maximum absolute atomic E-state index is 13.1. The molecule has 0 aromatic heterocycles. The van der Waals surface area contributed by atoms with Gasteiger partial charge in [0.05, 0.1) is 5.56 Å². The van der Waals surface area contributed by atoms with Crippen LogP contribution in [0.2, 0.25) is 0 Å². The molecule has 0 aliphatic carbocycles. The number of halogens is 3. The third kappa shape index (κ3) is 6.40. The number of benzene rings is 3. The number of amides is 2. The largest absolute Gasteiger partial charge is 0.489 e. The molecule has 0 radical (unpaired) electrons. The summed E-state index contributed by atoms with van der Waals surface area (Å²) in [5, 5.41) is 15.3. The van der Waals surface area contributed by atoms with E-state index in [0.717, 1.165) is 29.2 Å². The fraction of sp³-hybridized carbons (Fsp3) is 0.200. The number of fused-ring (bicyclic) bond motifs is 1. The standard InChI is InChI=1S/C30H25F3N2O4S/c31-30(32,33)20-11-7-18(8-12-20)23(19-9-13-21(14-10-19)39-22-16-40-17-22)3-1-6-28(37)34-25-4-2-5-26-24(25)15-27(36)29(38)35-26/h1-14,22,27,36H,15-17H2,(H,34,37)(H,35,38). The summed E-state index contributed by atoms with van der Waals surface area (Å²) >= 11 is 1.81. The summed E-state index contributed by atoms with van der Waals surface area (Å²) in [6, 6.07) is 17.2. The van der Waals surface area contributed by atoms with Gasteiger partial charge in [0, 0.05) is 40.9 Å². The Balaban J connectivity index is 1.37. The SMILES string of the molecule is O=C(C=CC=C(c1ccc(OC2CSC2)cc1)c1ccc(C(F)(F)F)cc1)Nc1cccc2c1CC(O)C(=O)N2. The van der Waals surface area contributed by atoms with Crippen LogP contribution in [0, 0.1) is 0 Å². The summed E-state index contributed by atoms with van der Waals surface area (Å²) in [5.74, 6) is 1.63. The first-order valence-electron chi connectivity index (χ1n) is 12.5. The summed E-state index contributed by atoms with van der Waals surface area (Å²) in [4.78, 5) is 24.5. The Kier molecular flexibility index (Phi) is 7.99. The molecule has 2 heterocycles. The Bertz CT molecular complexity index is 1460. The van der Waals surface area contributed by atoms with Gasteiger partial charge in [-0.05, 0) is 53.1 Å². The summed E-state index contributed by atoms with van der Waals surface area (Å²) < 4.78 is 45.3. The highest BCUT2D eigenvalue weighted by Gasteiger charge is 2.30. The predicted octanol–water partition coefficient (Wildman–Crippen LogP) is 5.68. The van der Waals surface area contributed by atoms with Crippen LogP contribution in [0.15, 0.2) is 85.0 Å². The van der Waals surface area contributed by atoms with Crippen molar-refractivity contribution in [3.8, 4) is 5.75 Å². The summed E-state index contributed by atoms with van der Waals surface area (Å²) in [6.07, 6.45) is -0.938. The average Bonchev–Trinajstić information content (AvgIpc) is 2.90. The molecule has 3 aromatic carbocycles. The van der Waals surface area contributed by atoms with Crippen LogP contribution in [0.1, 0.15) is 22.3 Å². The number of rotatable bonds is 7. The molecule has 1 unspecified atom stereocenters. The molecule has 10 heteroatoms. The lowest BCUT2D eigenvalue weighted by molar-refractivity contribution is -0.137. The molecule has 206 valence electrons. The van der Waals surface area contributed by atoms with Gasteiger partial charge in [-0.2, -0.15) is 24.9 Å². The summed E-state index contributed by atoms with van der Waals surface area (Å²) in [5.41, 5.74) is 2.74. The number of aliphatic hydroxyl groups excluding tert-OH is 1. The van der Waals surface area contributed by atoms with Crippen molar-refractivity contribution < 1.29 is 32.6 Å². The number of hydrogen-bond donors (Lipinski definition) is 3. The fourth-order valence-corrected chi connectivity index (χ4v) is 4.90. The maximum atomic E-state index is 13.1. The van der Waals surface area contributed by atoms with Gasteiger partial charge in [0.1, 0.15) is 18.0 Å². The highest BCUT2D eigenvalue weighted by Crippen LogP contribution is 2.33. The highest BCUT2D eigenvalue weighted by atomic mass is 32.2. The molecule has 2 aliphatic rings. The van der Waals surface area contributed by atoms with Crippen LogP contribution >= 0.6 is 11.8 Å². The molecule has 0 saturated carbocycles. The van der Waals surface area contributed by atoms with Crippen LogP contribution in [0.5, 0.6) is 5.75 Å². The average molecular weight is 567 g/mol. The molecule has 2 amide bonds. The van der Waals surface area contributed by atoms with E-state index < -0.39 is 29.7 Å². The van der Waals surface area contributed by atoms with E-state index in [4.69, 9.17) is 4.74 Å². The van der Waals surface area contributed by atoms with Crippen molar-refractivity contribution >= 4 is 40.5 Å². The molecule has 1 saturated heterocycles. The molecule has 3 aromatic rings. The number of aliphatic hydroxyl groups is 1. The Morgan fingerprint density at radius 2 is 1.70 bits per heavy atom. The predicted molar refractivity (Wildman–Crippen MR) is 149 cm³/mol. The van der Waals surface area contributed by atoms with Crippen molar-refractivity contribution in [2.75, 3.05) is 22.1 Å². The number of carbonyl (C=O) groups is 2. The third-order valence-corrected chi connectivity index (χ3v) is 7.72. The van der Waals surface area contributed by atoms with E-state index in [1.54, 1.807) is 24.3 Å². The van der Waals surface area contributed by atoms with Crippen molar-refractivity contribution in [1.82, 2.24) is 0 Å². The minimum Gasteiger partial charge on any atom is -0.489 e. The molecule has 3 N–H and O–H groups in total. The van der Waals surface area contributed by atoms with Gasteiger partial charge >= 0.3 is 6.18 Å². The Morgan fingerprint density at radius 1 is 1.02 bits per heavy atom. The topological polar surface area (TPSA) is 87.7 Å². The van der Waals surface area contributed by atoms with Gasteiger partial charge in [0.25, 0.3) is 5.91 Å². The van der Waals surface area contributed by atoms with E-state index >= 15 is 0 Å². The second kappa shape index (κ2) is 11.6. The quantitative estimate of drug-likeness (QED) is 0.253. The normalized spacial score (nSPS) is 17.6. The van der Waals surface area contributed by atoms with Gasteiger partial charge in [0.15, 0.2) is 0 Å². The van der Waals surface area contributed by atoms with Crippen LogP contribution in [-0.2, 0) is 22.2 Å². The molecule has 6 nitrogen and oxygen atoms in total. The van der Waals surface area contributed by atoms with E-state index in [9.17, 15) is 27.9 Å². The first-order valence-corrected chi connectivity index (χ1v) is 13.7. The second-order valence-electron chi connectivity index (χ2n) is 9.35. The number of nitrogens with one attached hydrogen (secondary N) is 2. The van der Waals surface area contributed by atoms with Crippen LogP contribution in [0.4, 0.5) is 24.5 Å². The maximum Gasteiger partial charge on any atom is 0.416 e. The zero-order chi connectivity index (χ0) is 28.3. The minimum atomic E-state index is -4.45. The molecule has 2 aliphatic heterocycles. The monoisotopic (exact) mass is 566 g/mol. The minimum absolute atomic E-state index is 0.0681. The van der Waals surface area contributed by atoms with E-state index in [2.05, 4.69) is 10.6 Å². The molecular formula is C30H25F3N2O4S. The number of alkyl halides is 3. The first kappa shape index (κ1) is 27.5. The molecule has 40 heavy (non-hydrogen) atoms. The highest BCUT2D eigenvalue weighted by molar-refractivity contribution is 8.00. The number of allylic oxidation sites excluding steroid dienone is 2. The molecule has 1 fully saturated rings. The van der Waals surface area contributed by atoms with Crippen LogP contribution in [0.3, 0.4) is 0 Å². The van der Waals surface area contributed by atoms with E-state index in [1.807, 2.05) is 36.0 Å². The van der Waals surface area contributed by atoms with Gasteiger partial charge in [-0.1, -0.05) is 42.5 Å². The van der Waals surface area contributed by atoms with Gasteiger partial charge < -0.3 is 20.5 Å². The van der Waals surface area contributed by atoms with Crippen molar-refractivity contribution in [2.45, 2.75) is 24.8 Å². The zero-order valence-electron chi connectivity index (χ0n) is 21.1. The summed E-state index contributed by atoms with van der Waals surface area (Å²) in [6.45, 7) is 0. The number of anilines is 2. The smallest absolute Gasteiger partial charge is 0.416 e. The molecule has 0 spiro atoms. The Hall–Kier alpha value is -4.02. The second-order valence-corrected chi connectivity index (χ2v) is 10.4. The fourth-order valence-electron chi connectivity index (χ4n) is 4.33. The lowest BCUT2D eigenvalue weighted by Gasteiger charge is -2.25. The van der Waals surface area contributed by atoms with Crippen molar-refractivity contribution in [3.05, 3.63) is 107 Å². The number of carbonyl (C=O) groups excluding carboxylic acids is 2. The van der Waals surface area contributed by atoms with Crippen LogP contribution in [0.25, 0.3) is 5.57 Å². The molecule has 0 bridgehead atoms. The van der Waals surface area contributed by atoms with Gasteiger partial charge in [0.2, 0.25) is 5.91 Å². The van der Waals surface area contributed by atoms with E-state index in [0.29, 0.717) is 33.8 Å². The van der Waals surface area contributed by atoms with Crippen molar-refractivity contribution in [1.29, 1.82) is 0 Å². The molecular weight excluding hydrogens is 541 g/mol. The first-order chi connectivity index (χ1) is 19.2. The van der Waals surface area contributed by atoms with Crippen LogP contribution in [-0.4, -0.2) is 40.6 Å². The van der Waals surface area contributed by atoms with E-state index in [1.165, 1.54) is 24.3 Å². The van der Waals surface area contributed by atoms with Crippen molar-refractivity contribution in [2.24, 2.45) is 0 Å². The van der Waals surface area contributed by atoms with E-state index in [-0.39, 0.29) is 12.5 Å².